The second-order valence-corrected chi connectivity index (χ2v) is 2.46. The average molecular weight is 166 g/mol. The van der Waals surface area contributed by atoms with E-state index in [2.05, 4.69) is 15.2 Å². The first-order chi connectivity index (χ1) is 5.68. The SMILES string of the molecule is Cc1cc(=O)[nH]c2n[nH]c(=O)n12. The molecule has 0 bridgehead atoms. The zero-order valence-electron chi connectivity index (χ0n) is 6.29. The van der Waals surface area contributed by atoms with Crippen molar-refractivity contribution in [1.82, 2.24) is 19.6 Å². The van der Waals surface area contributed by atoms with E-state index in [4.69, 9.17) is 0 Å². The number of aromatic amines is 2. The summed E-state index contributed by atoms with van der Waals surface area (Å²) in [6.07, 6.45) is 0. The van der Waals surface area contributed by atoms with Crippen molar-refractivity contribution in [2.75, 3.05) is 0 Å². The van der Waals surface area contributed by atoms with Crippen molar-refractivity contribution in [3.8, 4) is 0 Å². The van der Waals surface area contributed by atoms with E-state index in [1.54, 1.807) is 6.92 Å². The van der Waals surface area contributed by atoms with Gasteiger partial charge in [-0.3, -0.25) is 9.78 Å². The highest BCUT2D eigenvalue weighted by atomic mass is 16.2. The maximum atomic E-state index is 11.0. The average Bonchev–Trinajstić information content (AvgIpc) is 2.31. The lowest BCUT2D eigenvalue weighted by molar-refractivity contribution is 0.971. The molecule has 0 aliphatic rings. The number of nitrogens with one attached hydrogen (secondary N) is 2. The van der Waals surface area contributed by atoms with E-state index in [-0.39, 0.29) is 17.0 Å². The number of aromatic nitrogens is 4. The zero-order chi connectivity index (χ0) is 8.72. The van der Waals surface area contributed by atoms with Crippen LogP contribution in [0.4, 0.5) is 0 Å². The van der Waals surface area contributed by atoms with E-state index in [0.29, 0.717) is 5.69 Å². The molecule has 0 aromatic carbocycles. The van der Waals surface area contributed by atoms with Crippen molar-refractivity contribution in [2.24, 2.45) is 0 Å². The lowest BCUT2D eigenvalue weighted by atomic mass is 10.4. The number of H-pyrrole nitrogens is 2. The van der Waals surface area contributed by atoms with Crippen molar-refractivity contribution in [3.63, 3.8) is 0 Å². The predicted molar refractivity (Wildman–Crippen MR) is 41.2 cm³/mol. The molecule has 2 aromatic rings. The quantitative estimate of drug-likeness (QED) is 0.527. The van der Waals surface area contributed by atoms with Crippen LogP contribution in [0.1, 0.15) is 5.69 Å². The van der Waals surface area contributed by atoms with Gasteiger partial charge in [0.05, 0.1) is 0 Å². The van der Waals surface area contributed by atoms with E-state index in [1.165, 1.54) is 10.5 Å². The van der Waals surface area contributed by atoms with Gasteiger partial charge in [0.1, 0.15) is 0 Å². The molecule has 6 heteroatoms. The molecule has 0 aliphatic heterocycles. The van der Waals surface area contributed by atoms with E-state index < -0.39 is 0 Å². The molecule has 2 rings (SSSR count). The molecule has 0 atom stereocenters. The predicted octanol–water partition coefficient (Wildman–Crippen LogP) is -0.981. The van der Waals surface area contributed by atoms with Gasteiger partial charge in [0.15, 0.2) is 0 Å². The van der Waals surface area contributed by atoms with Crippen LogP contribution < -0.4 is 11.2 Å². The molecule has 2 heterocycles. The van der Waals surface area contributed by atoms with Crippen molar-refractivity contribution in [3.05, 3.63) is 32.6 Å². The number of nitrogens with zero attached hydrogens (tertiary/aromatic N) is 2. The first kappa shape index (κ1) is 6.84. The molecule has 62 valence electrons. The smallest absolute Gasteiger partial charge is 0.291 e. The van der Waals surface area contributed by atoms with Gasteiger partial charge in [0.2, 0.25) is 5.78 Å². The van der Waals surface area contributed by atoms with Gasteiger partial charge in [-0.1, -0.05) is 0 Å². The first-order valence-corrected chi connectivity index (χ1v) is 3.35. The van der Waals surface area contributed by atoms with Gasteiger partial charge in [-0.2, -0.15) is 0 Å². The van der Waals surface area contributed by atoms with E-state index in [0.717, 1.165) is 0 Å². The van der Waals surface area contributed by atoms with Gasteiger partial charge < -0.3 is 0 Å². The van der Waals surface area contributed by atoms with Gasteiger partial charge in [-0.25, -0.2) is 14.3 Å². The minimum atomic E-state index is -0.348. The molecule has 12 heavy (non-hydrogen) atoms. The van der Waals surface area contributed by atoms with Crippen molar-refractivity contribution >= 4 is 5.78 Å². The Morgan fingerprint density at radius 2 is 2.25 bits per heavy atom. The molecule has 6 nitrogen and oxygen atoms in total. The summed E-state index contributed by atoms with van der Waals surface area (Å²) >= 11 is 0. The van der Waals surface area contributed by atoms with Crippen molar-refractivity contribution in [2.45, 2.75) is 6.92 Å². The van der Waals surface area contributed by atoms with Crippen LogP contribution in [0.25, 0.3) is 5.78 Å². The van der Waals surface area contributed by atoms with Gasteiger partial charge in [0.25, 0.3) is 5.56 Å². The number of rotatable bonds is 0. The number of hydrogen-bond donors (Lipinski definition) is 2. The highest BCUT2D eigenvalue weighted by Gasteiger charge is 2.02. The summed E-state index contributed by atoms with van der Waals surface area (Å²) in [6, 6.07) is 1.34. The zero-order valence-corrected chi connectivity index (χ0v) is 6.29. The van der Waals surface area contributed by atoms with Crippen LogP contribution in [0, 0.1) is 6.92 Å². The van der Waals surface area contributed by atoms with Gasteiger partial charge >= 0.3 is 5.69 Å². The Morgan fingerprint density at radius 1 is 1.50 bits per heavy atom. The molecule has 0 unspecified atom stereocenters. The molecule has 0 amide bonds. The fourth-order valence-corrected chi connectivity index (χ4v) is 1.11. The van der Waals surface area contributed by atoms with Gasteiger partial charge in [-0.05, 0) is 6.92 Å². The highest BCUT2D eigenvalue weighted by molar-refractivity contribution is 5.26. The molecule has 0 saturated carbocycles. The maximum absolute atomic E-state index is 11.0. The summed E-state index contributed by atoms with van der Waals surface area (Å²) in [5.41, 5.74) is -0.0507. The minimum Gasteiger partial charge on any atom is -0.291 e. The van der Waals surface area contributed by atoms with Gasteiger partial charge in [0, 0.05) is 11.8 Å². The molecule has 2 aromatic heterocycles. The monoisotopic (exact) mass is 166 g/mol. The molecule has 0 aliphatic carbocycles. The van der Waals surface area contributed by atoms with Crippen LogP contribution in [-0.2, 0) is 0 Å². The van der Waals surface area contributed by atoms with Crippen LogP contribution in [-0.4, -0.2) is 19.6 Å². The van der Waals surface area contributed by atoms with E-state index in [9.17, 15) is 9.59 Å². The van der Waals surface area contributed by atoms with Gasteiger partial charge in [-0.15, -0.1) is 5.10 Å². The van der Waals surface area contributed by atoms with Crippen LogP contribution in [0.2, 0.25) is 0 Å². The standard InChI is InChI=1S/C6H6N4O2/c1-3-2-4(11)7-5-8-9-6(12)10(3)5/h2H,1H3,(H,9,12)(H,7,8,11). The van der Waals surface area contributed by atoms with E-state index >= 15 is 0 Å². The second-order valence-electron chi connectivity index (χ2n) is 2.46. The summed E-state index contributed by atoms with van der Waals surface area (Å²) in [6.45, 7) is 1.67. The molecule has 2 N–H and O–H groups in total. The number of aryl methyl sites for hydroxylation is 1. The minimum absolute atomic E-state index is 0.241. The molecule has 0 radical (unpaired) electrons. The molecule has 0 saturated heterocycles. The Labute approximate surface area is 65.9 Å². The third kappa shape index (κ3) is 0.777. The number of hydrogen-bond acceptors (Lipinski definition) is 3. The third-order valence-corrected chi connectivity index (χ3v) is 1.60. The Hall–Kier alpha value is -1.85. The molecule has 0 spiro atoms. The summed E-state index contributed by atoms with van der Waals surface area (Å²) < 4.78 is 1.29. The summed E-state index contributed by atoms with van der Waals surface area (Å²) in [5, 5.41) is 5.84. The van der Waals surface area contributed by atoms with Crippen molar-refractivity contribution in [1.29, 1.82) is 0 Å². The second kappa shape index (κ2) is 2.07. The Bertz CT molecular complexity index is 532. The maximum Gasteiger partial charge on any atom is 0.349 e. The fraction of sp³-hybridized carbons (Fsp3) is 0.167. The Balaban J connectivity index is 3.13. The Morgan fingerprint density at radius 3 is 3.00 bits per heavy atom. The summed E-state index contributed by atoms with van der Waals surface area (Å²) in [4.78, 5) is 24.3. The van der Waals surface area contributed by atoms with Crippen LogP contribution in [0.3, 0.4) is 0 Å². The van der Waals surface area contributed by atoms with E-state index in [1.807, 2.05) is 0 Å². The van der Waals surface area contributed by atoms with Crippen molar-refractivity contribution < 1.29 is 0 Å². The van der Waals surface area contributed by atoms with Crippen LogP contribution in [0.5, 0.6) is 0 Å². The fourth-order valence-electron chi connectivity index (χ4n) is 1.11. The lowest BCUT2D eigenvalue weighted by Crippen LogP contribution is -2.16. The van der Waals surface area contributed by atoms with Crippen LogP contribution in [0.15, 0.2) is 15.7 Å². The first-order valence-electron chi connectivity index (χ1n) is 3.35. The molecular weight excluding hydrogens is 160 g/mol. The largest absolute Gasteiger partial charge is 0.349 e. The highest BCUT2D eigenvalue weighted by Crippen LogP contribution is 1.90. The molecule has 0 fully saturated rings. The Kier molecular flexibility index (Phi) is 1.18. The normalized spacial score (nSPS) is 10.8. The van der Waals surface area contributed by atoms with Crippen LogP contribution >= 0.6 is 0 Å². The summed E-state index contributed by atoms with van der Waals surface area (Å²) in [5.74, 6) is 0.241. The third-order valence-electron chi connectivity index (χ3n) is 1.60. The number of fused-ring (bicyclic) bond motifs is 1. The summed E-state index contributed by atoms with van der Waals surface area (Å²) in [7, 11) is 0. The lowest BCUT2D eigenvalue weighted by Gasteiger charge is -1.93. The molecular formula is C6H6N4O2. The topological polar surface area (TPSA) is 83.0 Å².